The molecule has 0 aliphatic carbocycles. The smallest absolute Gasteiger partial charge is 0.271 e. The van der Waals surface area contributed by atoms with Gasteiger partial charge in [-0.05, 0) is 58.7 Å². The first kappa shape index (κ1) is 13.4. The van der Waals surface area contributed by atoms with Gasteiger partial charge in [-0.1, -0.05) is 0 Å². The Labute approximate surface area is 117 Å². The molecule has 0 radical (unpaired) electrons. The van der Waals surface area contributed by atoms with Crippen LogP contribution in [0.5, 0.6) is 5.75 Å². The van der Waals surface area contributed by atoms with E-state index in [0.29, 0.717) is 11.3 Å². The molecule has 0 aliphatic rings. The van der Waals surface area contributed by atoms with E-state index in [0.717, 1.165) is 15.1 Å². The van der Waals surface area contributed by atoms with Crippen molar-refractivity contribution in [1.82, 2.24) is 0 Å². The Hall–Kier alpha value is -1.05. The molecule has 7 heteroatoms. The van der Waals surface area contributed by atoms with Crippen molar-refractivity contribution < 1.29 is 13.5 Å². The summed E-state index contributed by atoms with van der Waals surface area (Å²) < 4.78 is 27.6. The minimum Gasteiger partial charge on any atom is -0.508 e. The van der Waals surface area contributed by atoms with Crippen LogP contribution in [0.15, 0.2) is 38.3 Å². The van der Waals surface area contributed by atoms with Crippen LogP contribution < -0.4 is 4.72 Å². The molecule has 0 bridgehead atoms. The second kappa shape index (κ2) is 4.91. The third-order valence-corrected chi connectivity index (χ3v) is 5.75. The van der Waals surface area contributed by atoms with Gasteiger partial charge in [0.1, 0.15) is 9.96 Å². The first-order chi connectivity index (χ1) is 8.38. The van der Waals surface area contributed by atoms with Crippen molar-refractivity contribution in [2.75, 3.05) is 4.72 Å². The van der Waals surface area contributed by atoms with Crippen LogP contribution in [0.2, 0.25) is 0 Å². The number of nitrogens with one attached hydrogen (secondary N) is 1. The molecule has 1 aromatic heterocycles. The van der Waals surface area contributed by atoms with Crippen LogP contribution in [0, 0.1) is 6.92 Å². The number of aryl methyl sites for hydroxylation is 1. The highest BCUT2D eigenvalue weighted by Gasteiger charge is 2.17. The van der Waals surface area contributed by atoms with Crippen LogP contribution >= 0.6 is 27.3 Å². The molecule has 1 aromatic carbocycles. The number of thiophene rings is 1. The van der Waals surface area contributed by atoms with Crippen LogP contribution in [0.1, 0.15) is 5.56 Å². The highest BCUT2D eigenvalue weighted by atomic mass is 79.9. The first-order valence-corrected chi connectivity index (χ1v) is 8.05. The van der Waals surface area contributed by atoms with Gasteiger partial charge in [-0.2, -0.15) is 0 Å². The van der Waals surface area contributed by atoms with Gasteiger partial charge in [0.15, 0.2) is 0 Å². The number of benzene rings is 1. The van der Waals surface area contributed by atoms with E-state index in [-0.39, 0.29) is 9.96 Å². The lowest BCUT2D eigenvalue weighted by Gasteiger charge is -2.09. The molecule has 0 unspecified atom stereocenters. The average Bonchev–Trinajstić information content (AvgIpc) is 2.70. The number of phenolic OH excluding ortho intramolecular Hbond substituents is 1. The van der Waals surface area contributed by atoms with Gasteiger partial charge < -0.3 is 5.11 Å². The van der Waals surface area contributed by atoms with Crippen molar-refractivity contribution in [3.63, 3.8) is 0 Å². The minimum absolute atomic E-state index is 0.106. The monoisotopic (exact) mass is 347 g/mol. The predicted octanol–water partition coefficient (Wildman–Crippen LogP) is 3.33. The number of hydrogen-bond donors (Lipinski definition) is 2. The molecule has 2 aromatic rings. The highest BCUT2D eigenvalue weighted by Crippen LogP contribution is 2.29. The molecule has 2 rings (SSSR count). The SMILES string of the molecule is Cc1cc(O)ccc1NS(=O)(=O)c1ccc(Br)s1. The van der Waals surface area contributed by atoms with Gasteiger partial charge in [-0.15, -0.1) is 11.3 Å². The molecule has 0 spiro atoms. The molecule has 96 valence electrons. The zero-order valence-electron chi connectivity index (χ0n) is 9.34. The van der Waals surface area contributed by atoms with E-state index < -0.39 is 10.0 Å². The van der Waals surface area contributed by atoms with Crippen molar-refractivity contribution in [3.8, 4) is 5.75 Å². The topological polar surface area (TPSA) is 66.4 Å². The molecule has 0 amide bonds. The van der Waals surface area contributed by atoms with Crippen molar-refractivity contribution in [1.29, 1.82) is 0 Å². The molecule has 4 nitrogen and oxygen atoms in total. The quantitative estimate of drug-likeness (QED) is 0.837. The lowest BCUT2D eigenvalue weighted by Crippen LogP contribution is -2.12. The summed E-state index contributed by atoms with van der Waals surface area (Å²) in [6.45, 7) is 1.72. The average molecular weight is 348 g/mol. The highest BCUT2D eigenvalue weighted by molar-refractivity contribution is 9.11. The Morgan fingerprint density at radius 1 is 1.28 bits per heavy atom. The summed E-state index contributed by atoms with van der Waals surface area (Å²) in [5, 5.41) is 9.27. The summed E-state index contributed by atoms with van der Waals surface area (Å²) in [7, 11) is -3.57. The molecule has 0 saturated carbocycles. The van der Waals surface area contributed by atoms with Gasteiger partial charge in [0.25, 0.3) is 10.0 Å². The van der Waals surface area contributed by atoms with E-state index in [4.69, 9.17) is 0 Å². The normalized spacial score (nSPS) is 11.4. The van der Waals surface area contributed by atoms with Gasteiger partial charge in [0.2, 0.25) is 0 Å². The van der Waals surface area contributed by atoms with E-state index in [1.807, 2.05) is 0 Å². The van der Waals surface area contributed by atoms with Crippen molar-refractivity contribution in [3.05, 3.63) is 39.7 Å². The van der Waals surface area contributed by atoms with Crippen LogP contribution in [0.3, 0.4) is 0 Å². The molecule has 0 aliphatic heterocycles. The number of phenols is 1. The van der Waals surface area contributed by atoms with Crippen LogP contribution in [0.25, 0.3) is 0 Å². The largest absolute Gasteiger partial charge is 0.508 e. The number of halogens is 1. The predicted molar refractivity (Wildman–Crippen MR) is 75.7 cm³/mol. The zero-order valence-corrected chi connectivity index (χ0v) is 12.6. The van der Waals surface area contributed by atoms with Crippen molar-refractivity contribution in [2.24, 2.45) is 0 Å². The summed E-state index contributed by atoms with van der Waals surface area (Å²) in [4.78, 5) is 0. The zero-order chi connectivity index (χ0) is 13.3. The van der Waals surface area contributed by atoms with Gasteiger partial charge >= 0.3 is 0 Å². The Balaban J connectivity index is 2.33. The number of anilines is 1. The molecule has 0 saturated heterocycles. The molecule has 18 heavy (non-hydrogen) atoms. The van der Waals surface area contributed by atoms with E-state index in [1.165, 1.54) is 24.3 Å². The molecular weight excluding hydrogens is 338 g/mol. The third-order valence-electron chi connectivity index (χ3n) is 2.27. The Bertz CT molecular complexity index is 679. The molecule has 2 N–H and O–H groups in total. The Morgan fingerprint density at radius 2 is 2.00 bits per heavy atom. The molecule has 0 atom stereocenters. The fraction of sp³-hybridized carbons (Fsp3) is 0.0909. The second-order valence-electron chi connectivity index (χ2n) is 3.66. The van der Waals surface area contributed by atoms with Crippen molar-refractivity contribution >= 4 is 43.0 Å². The van der Waals surface area contributed by atoms with E-state index in [1.54, 1.807) is 13.0 Å². The summed E-state index contributed by atoms with van der Waals surface area (Å²) in [6.07, 6.45) is 0. The molecule has 0 fully saturated rings. The van der Waals surface area contributed by atoms with Crippen LogP contribution in [0.4, 0.5) is 5.69 Å². The van der Waals surface area contributed by atoms with Crippen LogP contribution in [-0.2, 0) is 10.0 Å². The Morgan fingerprint density at radius 3 is 2.56 bits per heavy atom. The minimum atomic E-state index is -3.57. The number of hydrogen-bond acceptors (Lipinski definition) is 4. The van der Waals surface area contributed by atoms with Crippen LogP contribution in [-0.4, -0.2) is 13.5 Å². The summed E-state index contributed by atoms with van der Waals surface area (Å²) in [5.74, 6) is 0.106. The summed E-state index contributed by atoms with van der Waals surface area (Å²) >= 11 is 4.37. The standard InChI is InChI=1S/C11H10BrNO3S2/c1-7-6-8(14)2-3-9(7)13-18(15,16)11-5-4-10(12)17-11/h2-6,13-14H,1H3. The second-order valence-corrected chi connectivity index (χ2v) is 8.04. The summed E-state index contributed by atoms with van der Waals surface area (Å²) in [5.41, 5.74) is 1.12. The van der Waals surface area contributed by atoms with E-state index in [2.05, 4.69) is 20.7 Å². The molecular formula is C11H10BrNO3S2. The number of aromatic hydroxyl groups is 1. The fourth-order valence-corrected chi connectivity index (χ4v) is 4.54. The van der Waals surface area contributed by atoms with E-state index >= 15 is 0 Å². The van der Waals surface area contributed by atoms with Gasteiger partial charge in [0.05, 0.1) is 9.47 Å². The van der Waals surface area contributed by atoms with Gasteiger partial charge in [-0.25, -0.2) is 8.42 Å². The fourth-order valence-electron chi connectivity index (χ4n) is 1.40. The first-order valence-electron chi connectivity index (χ1n) is 4.96. The van der Waals surface area contributed by atoms with Crippen molar-refractivity contribution in [2.45, 2.75) is 11.1 Å². The lowest BCUT2D eigenvalue weighted by atomic mass is 10.2. The maximum Gasteiger partial charge on any atom is 0.271 e. The molecule has 1 heterocycles. The van der Waals surface area contributed by atoms with E-state index in [9.17, 15) is 13.5 Å². The van der Waals surface area contributed by atoms with Gasteiger partial charge in [0, 0.05) is 0 Å². The summed E-state index contributed by atoms with van der Waals surface area (Å²) in [6, 6.07) is 7.69. The lowest BCUT2D eigenvalue weighted by molar-refractivity contribution is 0.475. The Kier molecular flexibility index (Phi) is 3.65. The third kappa shape index (κ3) is 2.85. The maximum atomic E-state index is 12.1. The van der Waals surface area contributed by atoms with Gasteiger partial charge in [-0.3, -0.25) is 4.72 Å². The number of rotatable bonds is 3. The number of sulfonamides is 1. The maximum absolute atomic E-state index is 12.1.